The molecule has 6 heteroatoms. The van der Waals surface area contributed by atoms with Crippen LogP contribution in [0.4, 0.5) is 0 Å². The summed E-state index contributed by atoms with van der Waals surface area (Å²) in [7, 11) is 0. The number of benzene rings is 7. The van der Waals surface area contributed by atoms with Crippen LogP contribution in [0.15, 0.2) is 200 Å². The molecule has 11 aromatic rings. The van der Waals surface area contributed by atoms with Crippen molar-refractivity contribution in [2.24, 2.45) is 5.92 Å². The summed E-state index contributed by atoms with van der Waals surface area (Å²) in [6.07, 6.45) is 6.75. The van der Waals surface area contributed by atoms with Crippen molar-refractivity contribution in [1.82, 2.24) is 29.1 Å². The van der Waals surface area contributed by atoms with Gasteiger partial charge in [0.05, 0.1) is 33.3 Å². The highest BCUT2D eigenvalue weighted by atomic mass is 15.2. The number of hydrogen-bond acceptors (Lipinski definition) is 4. The Morgan fingerprint density at radius 3 is 1.84 bits per heavy atom. The largest absolute Gasteiger partial charge is 0.306 e. The van der Waals surface area contributed by atoms with E-state index in [9.17, 15) is 0 Å². The highest BCUT2D eigenvalue weighted by Crippen LogP contribution is 2.38. The molecule has 4 aromatic heterocycles. The van der Waals surface area contributed by atoms with Crippen LogP contribution in [-0.2, 0) is 0 Å². The lowest BCUT2D eigenvalue weighted by Gasteiger charge is -2.22. The van der Waals surface area contributed by atoms with Gasteiger partial charge in [-0.1, -0.05) is 177 Å². The molecule has 7 aromatic carbocycles. The number of nitrogens with zero attached hydrogens (tertiary/aromatic N) is 6. The van der Waals surface area contributed by atoms with E-state index in [1.807, 2.05) is 36.5 Å². The summed E-state index contributed by atoms with van der Waals surface area (Å²) in [4.78, 5) is 20.8. The average Bonchev–Trinajstić information content (AvgIpc) is 3.86. The minimum absolute atomic E-state index is 0.0904. The van der Waals surface area contributed by atoms with Gasteiger partial charge in [0.2, 0.25) is 5.95 Å². The van der Waals surface area contributed by atoms with Gasteiger partial charge in [0.1, 0.15) is 5.52 Å². The van der Waals surface area contributed by atoms with E-state index < -0.39 is 0 Å². The Morgan fingerprint density at radius 1 is 0.476 bits per heavy atom. The molecule has 1 aliphatic rings. The number of hydrogen-bond donors (Lipinski definition) is 0. The van der Waals surface area contributed by atoms with Crippen molar-refractivity contribution in [3.05, 3.63) is 216 Å². The van der Waals surface area contributed by atoms with Crippen molar-refractivity contribution < 1.29 is 0 Å². The van der Waals surface area contributed by atoms with E-state index in [-0.39, 0.29) is 11.8 Å². The van der Waals surface area contributed by atoms with E-state index in [0.29, 0.717) is 11.8 Å². The SMILES string of the molecule is CC1C=c2c(c3nc(-c4ccccc4)nc(-c4ccccc4)c3n2-c2ccccc2)=CC1c1ccc2c(c1)c1ccccc1n2-c1nccc(-c2ccc(-c3ccccc3)cc2)n1. The Morgan fingerprint density at radius 2 is 1.10 bits per heavy atom. The molecular weight excluding hydrogens is 769 g/mol. The van der Waals surface area contributed by atoms with Gasteiger partial charge in [0.15, 0.2) is 5.82 Å². The summed E-state index contributed by atoms with van der Waals surface area (Å²) >= 11 is 0. The van der Waals surface area contributed by atoms with Crippen LogP contribution in [0.2, 0.25) is 0 Å². The molecule has 0 N–H and O–H groups in total. The first kappa shape index (κ1) is 36.6. The van der Waals surface area contributed by atoms with Crippen LogP contribution >= 0.6 is 0 Å². The van der Waals surface area contributed by atoms with Crippen LogP contribution in [0.3, 0.4) is 0 Å². The predicted octanol–water partition coefficient (Wildman–Crippen LogP) is 12.0. The second-order valence-corrected chi connectivity index (χ2v) is 16.3. The molecule has 0 bridgehead atoms. The molecule has 2 atom stereocenters. The van der Waals surface area contributed by atoms with E-state index >= 15 is 0 Å². The second-order valence-electron chi connectivity index (χ2n) is 16.3. The van der Waals surface area contributed by atoms with Crippen molar-refractivity contribution in [1.29, 1.82) is 0 Å². The maximum atomic E-state index is 5.42. The first-order chi connectivity index (χ1) is 31.2. The summed E-state index contributed by atoms with van der Waals surface area (Å²) in [5, 5.41) is 4.60. The van der Waals surface area contributed by atoms with Crippen molar-refractivity contribution in [2.45, 2.75) is 12.8 Å². The van der Waals surface area contributed by atoms with E-state index in [4.69, 9.17) is 19.9 Å². The third kappa shape index (κ3) is 6.26. The van der Waals surface area contributed by atoms with E-state index in [1.165, 1.54) is 22.1 Å². The lowest BCUT2D eigenvalue weighted by molar-refractivity contribution is 0.690. The van der Waals surface area contributed by atoms with Crippen molar-refractivity contribution >= 4 is 45.0 Å². The van der Waals surface area contributed by atoms with Crippen LogP contribution in [0.1, 0.15) is 18.4 Å². The van der Waals surface area contributed by atoms with Crippen LogP contribution in [0.5, 0.6) is 0 Å². The monoisotopic (exact) mass is 808 g/mol. The van der Waals surface area contributed by atoms with E-state index in [0.717, 1.165) is 71.8 Å². The molecule has 0 saturated heterocycles. The first-order valence-electron chi connectivity index (χ1n) is 21.5. The fraction of sp³-hybridized carbons (Fsp3) is 0.0526. The Labute approximate surface area is 364 Å². The van der Waals surface area contributed by atoms with Gasteiger partial charge in [0, 0.05) is 50.5 Å². The second kappa shape index (κ2) is 15.0. The predicted molar refractivity (Wildman–Crippen MR) is 257 cm³/mol. The maximum absolute atomic E-state index is 5.42. The zero-order valence-corrected chi connectivity index (χ0v) is 34.5. The molecule has 1 aliphatic carbocycles. The van der Waals surface area contributed by atoms with Crippen LogP contribution in [-0.4, -0.2) is 29.1 Å². The van der Waals surface area contributed by atoms with Gasteiger partial charge in [0.25, 0.3) is 0 Å². The molecule has 4 heterocycles. The van der Waals surface area contributed by atoms with E-state index in [2.05, 4.69) is 192 Å². The number of aromatic nitrogens is 6. The minimum Gasteiger partial charge on any atom is -0.306 e. The quantitative estimate of drug-likeness (QED) is 0.161. The van der Waals surface area contributed by atoms with Gasteiger partial charge in [-0.2, -0.15) is 0 Å². The van der Waals surface area contributed by atoms with Crippen molar-refractivity contribution in [3.8, 4) is 56.7 Å². The number of rotatable bonds is 7. The average molecular weight is 809 g/mol. The van der Waals surface area contributed by atoms with Crippen LogP contribution < -0.4 is 10.6 Å². The van der Waals surface area contributed by atoms with Crippen LogP contribution in [0.25, 0.3) is 102 Å². The summed E-state index contributed by atoms with van der Waals surface area (Å²) in [5.74, 6) is 1.63. The molecule has 0 amide bonds. The van der Waals surface area contributed by atoms with E-state index in [1.54, 1.807) is 0 Å². The third-order valence-electron chi connectivity index (χ3n) is 12.5. The van der Waals surface area contributed by atoms with Gasteiger partial charge in [-0.05, 0) is 59.0 Å². The lowest BCUT2D eigenvalue weighted by Crippen LogP contribution is -2.34. The zero-order valence-electron chi connectivity index (χ0n) is 34.5. The molecule has 0 fully saturated rings. The van der Waals surface area contributed by atoms with Gasteiger partial charge in [-0.25, -0.2) is 19.9 Å². The highest BCUT2D eigenvalue weighted by Gasteiger charge is 2.26. The fourth-order valence-electron chi connectivity index (χ4n) is 9.48. The number of fused-ring (bicyclic) bond motifs is 6. The molecule has 6 nitrogen and oxygen atoms in total. The van der Waals surface area contributed by atoms with Gasteiger partial charge in [-0.15, -0.1) is 0 Å². The minimum atomic E-state index is 0.0904. The molecule has 298 valence electrons. The normalized spacial score (nSPS) is 14.7. The van der Waals surface area contributed by atoms with Crippen LogP contribution in [0, 0.1) is 5.92 Å². The lowest BCUT2D eigenvalue weighted by atomic mass is 9.83. The standard InChI is InChI=1S/C57H40N6/c1-37-34-52-48(54-55(62(52)44-22-12-5-13-23-44)53(41-18-8-3-9-19-41)60-56(61-54)42-20-10-4-11-21-42)36-46(37)43-30-31-51-47(35-43)45-24-14-15-25-50(45)63(51)57-58-33-32-49(59-57)40-28-26-39(27-29-40)38-16-6-2-7-17-38/h2-37,46H,1H3. The van der Waals surface area contributed by atoms with Gasteiger partial charge >= 0.3 is 0 Å². The third-order valence-corrected chi connectivity index (χ3v) is 12.5. The van der Waals surface area contributed by atoms with Gasteiger partial charge < -0.3 is 4.57 Å². The number of para-hydroxylation sites is 2. The molecule has 0 spiro atoms. The Kier molecular flexibility index (Phi) is 8.75. The Hall–Kier alpha value is -8.22. The highest BCUT2D eigenvalue weighted by molar-refractivity contribution is 6.09. The molecule has 0 radical (unpaired) electrons. The first-order valence-corrected chi connectivity index (χ1v) is 21.5. The summed E-state index contributed by atoms with van der Waals surface area (Å²) in [5.41, 5.74) is 13.7. The Balaban J connectivity index is 1.02. The summed E-state index contributed by atoms with van der Waals surface area (Å²) < 4.78 is 4.57. The van der Waals surface area contributed by atoms with Gasteiger partial charge in [-0.3, -0.25) is 4.57 Å². The molecule has 2 unspecified atom stereocenters. The Bertz CT molecular complexity index is 3620. The smallest absolute Gasteiger partial charge is 0.235 e. The molecule has 12 rings (SSSR count). The maximum Gasteiger partial charge on any atom is 0.235 e. The molecular formula is C57H40N6. The summed E-state index contributed by atoms with van der Waals surface area (Å²) in [6.45, 7) is 2.33. The summed E-state index contributed by atoms with van der Waals surface area (Å²) in [6, 6.07) is 68.0. The topological polar surface area (TPSA) is 61.4 Å². The van der Waals surface area contributed by atoms with Crippen molar-refractivity contribution in [2.75, 3.05) is 0 Å². The van der Waals surface area contributed by atoms with Crippen molar-refractivity contribution in [3.63, 3.8) is 0 Å². The fourth-order valence-corrected chi connectivity index (χ4v) is 9.48. The molecule has 63 heavy (non-hydrogen) atoms. The molecule has 0 aliphatic heterocycles. The zero-order chi connectivity index (χ0) is 41.9. The molecule has 0 saturated carbocycles.